The number of hydrogen-bond donors (Lipinski definition) is 1. The molecule has 110 valence electrons. The molecule has 1 atom stereocenters. The molecule has 3 rings (SSSR count). The van der Waals surface area contributed by atoms with Crippen molar-refractivity contribution in [3.05, 3.63) is 35.4 Å². The predicted octanol–water partition coefficient (Wildman–Crippen LogP) is 2.55. The minimum Gasteiger partial charge on any atom is -0.377 e. The van der Waals surface area contributed by atoms with E-state index in [0.29, 0.717) is 6.10 Å². The zero-order chi connectivity index (χ0) is 13.8. The second-order valence-corrected chi connectivity index (χ2v) is 6.30. The Bertz CT molecular complexity index is 408. The summed E-state index contributed by atoms with van der Waals surface area (Å²) in [4.78, 5) is 2.37. The molecule has 0 aromatic heterocycles. The number of benzene rings is 1. The fourth-order valence-corrected chi connectivity index (χ4v) is 2.82. The minimum absolute atomic E-state index is 0.446. The maximum atomic E-state index is 5.69. The zero-order valence-electron chi connectivity index (χ0n) is 12.5. The second-order valence-electron chi connectivity index (χ2n) is 6.30. The Morgan fingerprint density at radius 3 is 2.55 bits per heavy atom. The van der Waals surface area contributed by atoms with E-state index >= 15 is 0 Å². The highest BCUT2D eigenvalue weighted by Crippen LogP contribution is 2.19. The molecule has 0 amide bonds. The molecular formula is C17H26N2O. The molecule has 1 N–H and O–H groups in total. The maximum Gasteiger partial charge on any atom is 0.0702 e. The Morgan fingerprint density at radius 1 is 1.15 bits per heavy atom. The molecule has 0 bridgehead atoms. The fourth-order valence-electron chi connectivity index (χ4n) is 2.82. The summed E-state index contributed by atoms with van der Waals surface area (Å²) in [5.41, 5.74) is 2.78. The van der Waals surface area contributed by atoms with Crippen LogP contribution in [0.3, 0.4) is 0 Å². The van der Waals surface area contributed by atoms with Crippen molar-refractivity contribution in [2.75, 3.05) is 20.2 Å². The molecule has 3 nitrogen and oxygen atoms in total. The van der Waals surface area contributed by atoms with Crippen molar-refractivity contribution in [1.29, 1.82) is 0 Å². The molecule has 0 radical (unpaired) electrons. The predicted molar refractivity (Wildman–Crippen MR) is 81.6 cm³/mol. The number of nitrogens with zero attached hydrogens (tertiary/aromatic N) is 1. The van der Waals surface area contributed by atoms with E-state index in [1.165, 1.54) is 36.8 Å². The van der Waals surface area contributed by atoms with E-state index in [2.05, 4.69) is 41.5 Å². The van der Waals surface area contributed by atoms with Gasteiger partial charge in [0.05, 0.1) is 6.10 Å². The van der Waals surface area contributed by atoms with Crippen molar-refractivity contribution in [1.82, 2.24) is 10.2 Å². The van der Waals surface area contributed by atoms with E-state index in [4.69, 9.17) is 4.74 Å². The molecule has 3 heteroatoms. The van der Waals surface area contributed by atoms with E-state index in [-0.39, 0.29) is 0 Å². The van der Waals surface area contributed by atoms with Crippen molar-refractivity contribution in [2.24, 2.45) is 0 Å². The van der Waals surface area contributed by atoms with Gasteiger partial charge in [0.15, 0.2) is 0 Å². The Balaban J connectivity index is 1.43. The lowest BCUT2D eigenvalue weighted by atomic mass is 10.1. The monoisotopic (exact) mass is 274 g/mol. The maximum absolute atomic E-state index is 5.69. The quantitative estimate of drug-likeness (QED) is 0.827. The van der Waals surface area contributed by atoms with Gasteiger partial charge in [-0.3, -0.25) is 4.90 Å². The highest BCUT2D eigenvalue weighted by Gasteiger charge is 2.20. The summed E-state index contributed by atoms with van der Waals surface area (Å²) in [7, 11) is 2.18. The molecule has 1 aliphatic carbocycles. The van der Waals surface area contributed by atoms with Crippen molar-refractivity contribution < 1.29 is 4.74 Å². The summed E-state index contributed by atoms with van der Waals surface area (Å²) >= 11 is 0. The Hall–Kier alpha value is -0.900. The summed E-state index contributed by atoms with van der Waals surface area (Å²) in [5, 5.41) is 3.55. The molecule has 1 unspecified atom stereocenters. The molecule has 1 saturated carbocycles. The highest BCUT2D eigenvalue weighted by atomic mass is 16.5. The smallest absolute Gasteiger partial charge is 0.0702 e. The van der Waals surface area contributed by atoms with Crippen molar-refractivity contribution >= 4 is 0 Å². The Kier molecular flexibility index (Phi) is 4.71. The van der Waals surface area contributed by atoms with Crippen LogP contribution in [0.1, 0.15) is 36.8 Å². The van der Waals surface area contributed by atoms with Gasteiger partial charge in [-0.1, -0.05) is 24.3 Å². The first-order valence-electron chi connectivity index (χ1n) is 7.91. The lowest BCUT2D eigenvalue weighted by molar-refractivity contribution is 0.0793. The van der Waals surface area contributed by atoms with E-state index in [1.807, 2.05) is 0 Å². The Morgan fingerprint density at radius 2 is 1.90 bits per heavy atom. The number of hydrogen-bond acceptors (Lipinski definition) is 3. The van der Waals surface area contributed by atoms with Crippen LogP contribution in [0.25, 0.3) is 0 Å². The van der Waals surface area contributed by atoms with E-state index in [1.54, 1.807) is 0 Å². The summed E-state index contributed by atoms with van der Waals surface area (Å²) in [5.74, 6) is 0. The first-order chi connectivity index (χ1) is 9.79. The topological polar surface area (TPSA) is 24.5 Å². The van der Waals surface area contributed by atoms with Gasteiger partial charge < -0.3 is 10.1 Å². The van der Waals surface area contributed by atoms with Crippen LogP contribution in [0.5, 0.6) is 0 Å². The van der Waals surface area contributed by atoms with Crippen LogP contribution in [-0.4, -0.2) is 37.2 Å². The van der Waals surface area contributed by atoms with Gasteiger partial charge in [0, 0.05) is 32.3 Å². The average molecular weight is 274 g/mol. The fraction of sp³-hybridized carbons (Fsp3) is 0.647. The SMILES string of the molecule is CN(Cc1ccc(CNC2CC2)cc1)CC1CCCO1. The van der Waals surface area contributed by atoms with Gasteiger partial charge in [0.2, 0.25) is 0 Å². The van der Waals surface area contributed by atoms with Crippen LogP contribution < -0.4 is 5.32 Å². The van der Waals surface area contributed by atoms with Gasteiger partial charge in [0.1, 0.15) is 0 Å². The first-order valence-corrected chi connectivity index (χ1v) is 7.91. The van der Waals surface area contributed by atoms with Gasteiger partial charge in [-0.25, -0.2) is 0 Å². The molecule has 20 heavy (non-hydrogen) atoms. The first kappa shape index (κ1) is 14.1. The minimum atomic E-state index is 0.446. The summed E-state index contributed by atoms with van der Waals surface area (Å²) < 4.78 is 5.69. The van der Waals surface area contributed by atoms with Crippen molar-refractivity contribution in [3.8, 4) is 0 Å². The number of ether oxygens (including phenoxy) is 1. The molecule has 1 aromatic carbocycles. The Labute approximate surface area is 122 Å². The third-order valence-electron chi connectivity index (χ3n) is 4.19. The van der Waals surface area contributed by atoms with Crippen LogP contribution >= 0.6 is 0 Å². The molecule has 1 saturated heterocycles. The number of likely N-dealkylation sites (N-methyl/N-ethyl adjacent to an activating group) is 1. The standard InChI is InChI=1S/C17H26N2O/c1-19(13-17-3-2-10-20-17)12-15-6-4-14(5-7-15)11-18-16-8-9-16/h4-7,16-18H,2-3,8-13H2,1H3. The molecular weight excluding hydrogens is 248 g/mol. The van der Waals surface area contributed by atoms with Gasteiger partial charge in [-0.15, -0.1) is 0 Å². The molecule has 0 spiro atoms. The highest BCUT2D eigenvalue weighted by molar-refractivity contribution is 5.22. The summed E-state index contributed by atoms with van der Waals surface area (Å²) in [6, 6.07) is 9.81. The molecule has 2 aliphatic rings. The van der Waals surface area contributed by atoms with Crippen LogP contribution in [0.4, 0.5) is 0 Å². The molecule has 1 aliphatic heterocycles. The van der Waals surface area contributed by atoms with Crippen molar-refractivity contribution in [2.45, 2.75) is 50.9 Å². The lowest BCUT2D eigenvalue weighted by Crippen LogP contribution is -2.28. The largest absolute Gasteiger partial charge is 0.377 e. The van der Waals surface area contributed by atoms with E-state index < -0.39 is 0 Å². The number of rotatable bonds is 7. The normalized spacial score (nSPS) is 22.6. The van der Waals surface area contributed by atoms with Crippen molar-refractivity contribution in [3.63, 3.8) is 0 Å². The van der Waals surface area contributed by atoms with Gasteiger partial charge in [0.25, 0.3) is 0 Å². The van der Waals surface area contributed by atoms with Crippen LogP contribution in [0, 0.1) is 0 Å². The van der Waals surface area contributed by atoms with Gasteiger partial charge in [-0.05, 0) is 43.9 Å². The third-order valence-corrected chi connectivity index (χ3v) is 4.19. The zero-order valence-corrected chi connectivity index (χ0v) is 12.5. The lowest BCUT2D eigenvalue weighted by Gasteiger charge is -2.20. The van der Waals surface area contributed by atoms with Crippen LogP contribution in [0.2, 0.25) is 0 Å². The van der Waals surface area contributed by atoms with E-state index in [0.717, 1.165) is 32.3 Å². The third kappa shape index (κ3) is 4.30. The van der Waals surface area contributed by atoms with Gasteiger partial charge >= 0.3 is 0 Å². The van der Waals surface area contributed by atoms with E-state index in [9.17, 15) is 0 Å². The van der Waals surface area contributed by atoms with Gasteiger partial charge in [-0.2, -0.15) is 0 Å². The molecule has 2 fully saturated rings. The van der Waals surface area contributed by atoms with Crippen LogP contribution in [0.15, 0.2) is 24.3 Å². The summed E-state index contributed by atoms with van der Waals surface area (Å²) in [6.07, 6.45) is 5.59. The average Bonchev–Trinajstić information content (AvgIpc) is 3.14. The summed E-state index contributed by atoms with van der Waals surface area (Å²) in [6.45, 7) is 4.01. The molecule has 1 aromatic rings. The number of nitrogens with one attached hydrogen (secondary N) is 1. The molecule has 1 heterocycles. The van der Waals surface area contributed by atoms with Crippen LogP contribution in [-0.2, 0) is 17.8 Å². The second kappa shape index (κ2) is 6.70.